The zero-order valence-electron chi connectivity index (χ0n) is 16.0. The lowest BCUT2D eigenvalue weighted by molar-refractivity contribution is -0.144. The molecule has 3 rings (SSSR count). The highest BCUT2D eigenvalue weighted by atomic mass is 35.5. The number of rotatable bonds is 7. The molecule has 1 aromatic heterocycles. The fourth-order valence-corrected chi connectivity index (χ4v) is 3.74. The Morgan fingerprint density at radius 1 is 1.10 bits per heavy atom. The zero-order chi connectivity index (χ0) is 20.8. The fourth-order valence-electron chi connectivity index (χ4n) is 2.71. The second kappa shape index (κ2) is 9.62. The molecular weight excluding hydrogens is 410 g/mol. The highest BCUT2D eigenvalue weighted by Crippen LogP contribution is 2.26. The largest absolute Gasteiger partial charge is 0.455 e. The molecular formula is C21H20ClN3O3S. The van der Waals surface area contributed by atoms with E-state index in [2.05, 4.69) is 10.4 Å². The Hall–Kier alpha value is -2.77. The predicted octanol–water partition coefficient (Wildman–Crippen LogP) is 4.42. The average molecular weight is 430 g/mol. The lowest BCUT2D eigenvalue weighted by atomic mass is 10.3. The monoisotopic (exact) mass is 429 g/mol. The van der Waals surface area contributed by atoms with E-state index in [0.29, 0.717) is 16.4 Å². The number of carbonyl (C=O) groups excluding carboxylic acids is 2. The SMILES string of the molecule is Cc1nn(-c2ccccc2)c(C)c1NC(=O)COC(=O)CSc1ccccc1Cl. The van der Waals surface area contributed by atoms with Gasteiger partial charge in [0.2, 0.25) is 0 Å². The van der Waals surface area contributed by atoms with Crippen LogP contribution >= 0.6 is 23.4 Å². The zero-order valence-corrected chi connectivity index (χ0v) is 17.6. The number of ether oxygens (including phenoxy) is 1. The molecule has 150 valence electrons. The molecule has 0 unspecified atom stereocenters. The number of amides is 1. The maximum absolute atomic E-state index is 12.2. The quantitative estimate of drug-likeness (QED) is 0.444. The van der Waals surface area contributed by atoms with Crippen LogP contribution in [0.4, 0.5) is 5.69 Å². The number of esters is 1. The summed E-state index contributed by atoms with van der Waals surface area (Å²) < 4.78 is 6.83. The van der Waals surface area contributed by atoms with E-state index < -0.39 is 11.9 Å². The third kappa shape index (κ3) is 5.40. The van der Waals surface area contributed by atoms with Crippen LogP contribution in [-0.4, -0.2) is 34.0 Å². The number of carbonyl (C=O) groups is 2. The van der Waals surface area contributed by atoms with Crippen LogP contribution < -0.4 is 5.32 Å². The van der Waals surface area contributed by atoms with Crippen molar-refractivity contribution in [1.29, 1.82) is 0 Å². The number of halogens is 1. The van der Waals surface area contributed by atoms with Gasteiger partial charge in [0.15, 0.2) is 6.61 Å². The van der Waals surface area contributed by atoms with Crippen LogP contribution in [0.2, 0.25) is 5.02 Å². The van der Waals surface area contributed by atoms with Gasteiger partial charge in [0.05, 0.1) is 33.5 Å². The number of aryl methyl sites for hydroxylation is 1. The van der Waals surface area contributed by atoms with Crippen LogP contribution in [0.1, 0.15) is 11.4 Å². The van der Waals surface area contributed by atoms with Crippen LogP contribution in [0.15, 0.2) is 59.5 Å². The summed E-state index contributed by atoms with van der Waals surface area (Å²) in [6.45, 7) is 3.32. The number of nitrogens with zero attached hydrogens (tertiary/aromatic N) is 2. The van der Waals surface area contributed by atoms with Crippen molar-refractivity contribution in [3.63, 3.8) is 0 Å². The molecule has 0 aliphatic carbocycles. The van der Waals surface area contributed by atoms with Crippen molar-refractivity contribution in [3.05, 3.63) is 71.0 Å². The van der Waals surface area contributed by atoms with Crippen molar-refractivity contribution < 1.29 is 14.3 Å². The van der Waals surface area contributed by atoms with E-state index >= 15 is 0 Å². The summed E-state index contributed by atoms with van der Waals surface area (Å²) >= 11 is 7.32. The molecule has 3 aromatic rings. The van der Waals surface area contributed by atoms with E-state index in [1.54, 1.807) is 10.7 Å². The molecule has 0 fully saturated rings. The Morgan fingerprint density at radius 3 is 2.52 bits per heavy atom. The molecule has 0 aliphatic rings. The minimum atomic E-state index is -0.488. The summed E-state index contributed by atoms with van der Waals surface area (Å²) in [5.41, 5.74) is 2.99. The van der Waals surface area contributed by atoms with Crippen molar-refractivity contribution in [2.75, 3.05) is 17.7 Å². The molecule has 0 spiro atoms. The van der Waals surface area contributed by atoms with Crippen LogP contribution in [0.5, 0.6) is 0 Å². The van der Waals surface area contributed by atoms with Gasteiger partial charge in [0.25, 0.3) is 5.91 Å². The molecule has 1 heterocycles. The summed E-state index contributed by atoms with van der Waals surface area (Å²) in [5.74, 6) is -0.834. The molecule has 8 heteroatoms. The van der Waals surface area contributed by atoms with Gasteiger partial charge in [-0.1, -0.05) is 41.9 Å². The number of hydrogen-bond donors (Lipinski definition) is 1. The lowest BCUT2D eigenvalue weighted by Gasteiger charge is -2.08. The van der Waals surface area contributed by atoms with Crippen molar-refractivity contribution in [2.24, 2.45) is 0 Å². The number of aromatic nitrogens is 2. The van der Waals surface area contributed by atoms with Crippen molar-refractivity contribution in [1.82, 2.24) is 9.78 Å². The van der Waals surface area contributed by atoms with Gasteiger partial charge in [-0.05, 0) is 38.1 Å². The summed E-state index contributed by atoms with van der Waals surface area (Å²) in [5, 5.41) is 7.83. The van der Waals surface area contributed by atoms with Gasteiger partial charge >= 0.3 is 5.97 Å². The molecule has 0 radical (unpaired) electrons. The number of anilines is 1. The molecule has 0 aliphatic heterocycles. The minimum Gasteiger partial charge on any atom is -0.455 e. The molecule has 1 N–H and O–H groups in total. The topological polar surface area (TPSA) is 73.2 Å². The number of hydrogen-bond acceptors (Lipinski definition) is 5. The number of benzene rings is 2. The first kappa shape index (κ1) is 21.0. The average Bonchev–Trinajstić information content (AvgIpc) is 3.00. The molecule has 0 atom stereocenters. The van der Waals surface area contributed by atoms with Crippen LogP contribution in [-0.2, 0) is 14.3 Å². The maximum Gasteiger partial charge on any atom is 0.316 e. The first-order valence-electron chi connectivity index (χ1n) is 8.90. The van der Waals surface area contributed by atoms with Gasteiger partial charge in [0, 0.05) is 4.90 Å². The van der Waals surface area contributed by atoms with Gasteiger partial charge in [0.1, 0.15) is 0 Å². The third-order valence-corrected chi connectivity index (χ3v) is 5.59. The van der Waals surface area contributed by atoms with Crippen molar-refractivity contribution >= 4 is 40.9 Å². The fraction of sp³-hybridized carbons (Fsp3) is 0.190. The maximum atomic E-state index is 12.2. The Bertz CT molecular complexity index is 1020. The molecule has 0 saturated heterocycles. The van der Waals surface area contributed by atoms with E-state index in [0.717, 1.165) is 16.3 Å². The summed E-state index contributed by atoms with van der Waals surface area (Å²) in [4.78, 5) is 25.0. The molecule has 2 aromatic carbocycles. The smallest absolute Gasteiger partial charge is 0.316 e. The highest BCUT2D eigenvalue weighted by Gasteiger charge is 2.16. The van der Waals surface area contributed by atoms with E-state index in [4.69, 9.17) is 16.3 Å². The van der Waals surface area contributed by atoms with Gasteiger partial charge < -0.3 is 10.1 Å². The number of thioether (sulfide) groups is 1. The van der Waals surface area contributed by atoms with Gasteiger partial charge in [-0.2, -0.15) is 5.10 Å². The van der Waals surface area contributed by atoms with Gasteiger partial charge in [-0.25, -0.2) is 4.68 Å². The molecule has 6 nitrogen and oxygen atoms in total. The molecule has 1 amide bonds. The number of nitrogens with one attached hydrogen (secondary N) is 1. The van der Waals surface area contributed by atoms with Crippen molar-refractivity contribution in [2.45, 2.75) is 18.7 Å². The summed E-state index contributed by atoms with van der Waals surface area (Å²) in [6, 6.07) is 16.9. The van der Waals surface area contributed by atoms with Gasteiger partial charge in [-0.15, -0.1) is 11.8 Å². The Kier molecular flexibility index (Phi) is 6.95. The first-order chi connectivity index (χ1) is 14.0. The van der Waals surface area contributed by atoms with E-state index in [9.17, 15) is 9.59 Å². The minimum absolute atomic E-state index is 0.0704. The van der Waals surface area contributed by atoms with Crippen LogP contribution in [0.25, 0.3) is 5.69 Å². The van der Waals surface area contributed by atoms with Gasteiger partial charge in [-0.3, -0.25) is 9.59 Å². The standard InChI is InChI=1S/C21H20ClN3O3S/c1-14-21(15(2)25(24-14)16-8-4-3-5-9-16)23-19(26)12-28-20(27)13-29-18-11-7-6-10-17(18)22/h3-11H,12-13H2,1-2H3,(H,23,26). The second-order valence-electron chi connectivity index (χ2n) is 6.22. The van der Waals surface area contributed by atoms with Crippen LogP contribution in [0.3, 0.4) is 0 Å². The van der Waals surface area contributed by atoms with E-state index in [-0.39, 0.29) is 12.4 Å². The van der Waals surface area contributed by atoms with E-state index in [1.807, 2.05) is 62.4 Å². The normalized spacial score (nSPS) is 10.6. The first-order valence-corrected chi connectivity index (χ1v) is 10.3. The summed E-state index contributed by atoms with van der Waals surface area (Å²) in [6.07, 6.45) is 0. The Balaban J connectivity index is 1.54. The summed E-state index contributed by atoms with van der Waals surface area (Å²) in [7, 11) is 0. The predicted molar refractivity (Wildman–Crippen MR) is 115 cm³/mol. The Morgan fingerprint density at radius 2 is 1.79 bits per heavy atom. The second-order valence-corrected chi connectivity index (χ2v) is 7.65. The molecule has 0 bridgehead atoms. The van der Waals surface area contributed by atoms with Crippen molar-refractivity contribution in [3.8, 4) is 5.69 Å². The third-order valence-electron chi connectivity index (χ3n) is 4.10. The molecule has 29 heavy (non-hydrogen) atoms. The Labute approximate surface area is 178 Å². The molecule has 0 saturated carbocycles. The lowest BCUT2D eigenvalue weighted by Crippen LogP contribution is -2.22. The highest BCUT2D eigenvalue weighted by molar-refractivity contribution is 8.00. The number of para-hydroxylation sites is 1. The van der Waals surface area contributed by atoms with Crippen LogP contribution in [0, 0.1) is 13.8 Å². The van der Waals surface area contributed by atoms with E-state index in [1.165, 1.54) is 11.8 Å².